The monoisotopic (exact) mass is 283 g/mol. The lowest BCUT2D eigenvalue weighted by Gasteiger charge is -2.11. The summed E-state index contributed by atoms with van der Waals surface area (Å²) in [6.45, 7) is 3.41. The third-order valence-corrected chi connectivity index (χ3v) is 3.09. The molecule has 0 bridgehead atoms. The first-order valence-corrected chi connectivity index (χ1v) is 6.58. The van der Waals surface area contributed by atoms with Gasteiger partial charge < -0.3 is 10.1 Å². The Morgan fingerprint density at radius 2 is 1.76 bits per heavy atom. The van der Waals surface area contributed by atoms with Crippen molar-refractivity contribution in [3.05, 3.63) is 53.6 Å². The van der Waals surface area contributed by atoms with Crippen LogP contribution in [-0.4, -0.2) is 19.0 Å². The van der Waals surface area contributed by atoms with Gasteiger partial charge in [0.1, 0.15) is 0 Å². The van der Waals surface area contributed by atoms with Crippen LogP contribution in [0.3, 0.4) is 0 Å². The van der Waals surface area contributed by atoms with Gasteiger partial charge in [0, 0.05) is 6.92 Å². The number of nitrogens with one attached hydrogen (secondary N) is 1. The standard InChI is InChI=1S/C17H17NO3/c1-11-5-4-6-13(9-11)14-7-8-16(18-12(2)19)15(10-14)17(20)21-3/h4-10H,1-3H3,(H,18,19). The van der Waals surface area contributed by atoms with Gasteiger partial charge in [-0.1, -0.05) is 35.9 Å². The van der Waals surface area contributed by atoms with E-state index in [2.05, 4.69) is 5.32 Å². The highest BCUT2D eigenvalue weighted by atomic mass is 16.5. The second-order valence-corrected chi connectivity index (χ2v) is 4.80. The fraction of sp³-hybridized carbons (Fsp3) is 0.176. The highest BCUT2D eigenvalue weighted by molar-refractivity contribution is 6.01. The van der Waals surface area contributed by atoms with E-state index in [0.717, 1.165) is 16.7 Å². The normalized spacial score (nSPS) is 10.0. The van der Waals surface area contributed by atoms with Gasteiger partial charge in [0.2, 0.25) is 5.91 Å². The molecule has 4 heteroatoms. The number of aryl methyl sites for hydroxylation is 1. The average Bonchev–Trinajstić information content (AvgIpc) is 2.46. The Bertz CT molecular complexity index is 692. The third kappa shape index (κ3) is 3.48. The van der Waals surface area contributed by atoms with Crippen LogP contribution in [0.25, 0.3) is 11.1 Å². The van der Waals surface area contributed by atoms with E-state index >= 15 is 0 Å². The number of methoxy groups -OCH3 is 1. The maximum absolute atomic E-state index is 11.9. The number of ether oxygens (including phenoxy) is 1. The summed E-state index contributed by atoms with van der Waals surface area (Å²) in [5.41, 5.74) is 3.83. The highest BCUT2D eigenvalue weighted by Crippen LogP contribution is 2.26. The van der Waals surface area contributed by atoms with E-state index in [1.54, 1.807) is 12.1 Å². The summed E-state index contributed by atoms with van der Waals surface area (Å²) in [6.07, 6.45) is 0. The molecular weight excluding hydrogens is 266 g/mol. The average molecular weight is 283 g/mol. The van der Waals surface area contributed by atoms with E-state index < -0.39 is 5.97 Å². The summed E-state index contributed by atoms with van der Waals surface area (Å²) < 4.78 is 4.78. The van der Waals surface area contributed by atoms with Gasteiger partial charge in [-0.3, -0.25) is 4.79 Å². The van der Waals surface area contributed by atoms with E-state index in [1.165, 1.54) is 14.0 Å². The molecule has 4 nitrogen and oxygen atoms in total. The molecule has 1 amide bonds. The van der Waals surface area contributed by atoms with Crippen molar-refractivity contribution in [2.24, 2.45) is 0 Å². The number of anilines is 1. The quantitative estimate of drug-likeness (QED) is 0.878. The van der Waals surface area contributed by atoms with Crippen molar-refractivity contribution in [2.75, 3.05) is 12.4 Å². The van der Waals surface area contributed by atoms with Crippen LogP contribution in [0.4, 0.5) is 5.69 Å². The van der Waals surface area contributed by atoms with E-state index in [9.17, 15) is 9.59 Å². The van der Waals surface area contributed by atoms with Crippen LogP contribution in [0, 0.1) is 6.92 Å². The summed E-state index contributed by atoms with van der Waals surface area (Å²) >= 11 is 0. The molecule has 0 aliphatic carbocycles. The molecule has 21 heavy (non-hydrogen) atoms. The van der Waals surface area contributed by atoms with Crippen molar-refractivity contribution < 1.29 is 14.3 Å². The van der Waals surface area contributed by atoms with Gasteiger partial charge in [-0.05, 0) is 30.2 Å². The minimum Gasteiger partial charge on any atom is -0.465 e. The smallest absolute Gasteiger partial charge is 0.339 e. The van der Waals surface area contributed by atoms with Gasteiger partial charge >= 0.3 is 5.97 Å². The van der Waals surface area contributed by atoms with Crippen molar-refractivity contribution in [3.63, 3.8) is 0 Å². The van der Waals surface area contributed by atoms with Crippen LogP contribution in [0.5, 0.6) is 0 Å². The minimum absolute atomic E-state index is 0.233. The Balaban J connectivity index is 2.51. The summed E-state index contributed by atoms with van der Waals surface area (Å²) in [7, 11) is 1.32. The Labute approximate surface area is 123 Å². The first kappa shape index (κ1) is 14.8. The number of hydrogen-bond acceptors (Lipinski definition) is 3. The fourth-order valence-electron chi connectivity index (χ4n) is 2.13. The number of benzene rings is 2. The molecule has 1 N–H and O–H groups in total. The third-order valence-electron chi connectivity index (χ3n) is 3.09. The maximum Gasteiger partial charge on any atom is 0.339 e. The lowest BCUT2D eigenvalue weighted by molar-refractivity contribution is -0.114. The number of amides is 1. The summed E-state index contributed by atoms with van der Waals surface area (Å²) in [6, 6.07) is 13.3. The Hall–Kier alpha value is -2.62. The molecule has 2 aromatic carbocycles. The summed E-state index contributed by atoms with van der Waals surface area (Å²) in [5.74, 6) is -0.711. The molecule has 2 aromatic rings. The number of carbonyl (C=O) groups excluding carboxylic acids is 2. The van der Waals surface area contributed by atoms with Crippen molar-refractivity contribution in [2.45, 2.75) is 13.8 Å². The second-order valence-electron chi connectivity index (χ2n) is 4.80. The molecule has 0 radical (unpaired) electrons. The molecule has 0 aromatic heterocycles. The van der Waals surface area contributed by atoms with E-state index in [1.807, 2.05) is 37.3 Å². The summed E-state index contributed by atoms with van der Waals surface area (Å²) in [5, 5.41) is 2.64. The first-order chi connectivity index (χ1) is 10.0. The molecule has 0 aliphatic heterocycles. The number of rotatable bonds is 3. The van der Waals surface area contributed by atoms with Crippen LogP contribution in [0.15, 0.2) is 42.5 Å². The molecule has 0 fully saturated rings. The molecule has 0 saturated carbocycles. The Kier molecular flexibility index (Phi) is 4.38. The highest BCUT2D eigenvalue weighted by Gasteiger charge is 2.14. The molecule has 108 valence electrons. The van der Waals surface area contributed by atoms with Crippen molar-refractivity contribution >= 4 is 17.6 Å². The van der Waals surface area contributed by atoms with E-state index in [0.29, 0.717) is 11.3 Å². The molecule has 0 heterocycles. The Morgan fingerprint density at radius 1 is 1.05 bits per heavy atom. The topological polar surface area (TPSA) is 55.4 Å². The van der Waals surface area contributed by atoms with Crippen LogP contribution in [0.2, 0.25) is 0 Å². The number of hydrogen-bond donors (Lipinski definition) is 1. The van der Waals surface area contributed by atoms with Crippen LogP contribution in [-0.2, 0) is 9.53 Å². The van der Waals surface area contributed by atoms with Crippen LogP contribution < -0.4 is 5.32 Å². The van der Waals surface area contributed by atoms with Gasteiger partial charge in [0.05, 0.1) is 18.4 Å². The minimum atomic E-state index is -0.478. The van der Waals surface area contributed by atoms with Gasteiger partial charge in [0.15, 0.2) is 0 Å². The van der Waals surface area contributed by atoms with Gasteiger partial charge in [-0.15, -0.1) is 0 Å². The molecule has 2 rings (SSSR count). The predicted molar refractivity (Wildman–Crippen MR) is 82.3 cm³/mol. The summed E-state index contributed by atoms with van der Waals surface area (Å²) in [4.78, 5) is 23.1. The molecule has 0 spiro atoms. The van der Waals surface area contributed by atoms with Gasteiger partial charge in [-0.2, -0.15) is 0 Å². The lowest BCUT2D eigenvalue weighted by atomic mass is 10.0. The zero-order valence-electron chi connectivity index (χ0n) is 12.3. The van der Waals surface area contributed by atoms with E-state index in [-0.39, 0.29) is 5.91 Å². The van der Waals surface area contributed by atoms with Gasteiger partial charge in [-0.25, -0.2) is 4.79 Å². The van der Waals surface area contributed by atoms with Crippen molar-refractivity contribution in [1.29, 1.82) is 0 Å². The molecule has 0 unspecified atom stereocenters. The van der Waals surface area contributed by atoms with Crippen molar-refractivity contribution in [3.8, 4) is 11.1 Å². The number of esters is 1. The zero-order valence-corrected chi connectivity index (χ0v) is 12.3. The predicted octanol–water partition coefficient (Wildman–Crippen LogP) is 3.41. The van der Waals surface area contributed by atoms with Gasteiger partial charge in [0.25, 0.3) is 0 Å². The molecular formula is C17H17NO3. The first-order valence-electron chi connectivity index (χ1n) is 6.58. The second kappa shape index (κ2) is 6.22. The van der Waals surface area contributed by atoms with E-state index in [4.69, 9.17) is 4.74 Å². The zero-order chi connectivity index (χ0) is 15.4. The van der Waals surface area contributed by atoms with Crippen LogP contribution in [0.1, 0.15) is 22.8 Å². The lowest BCUT2D eigenvalue weighted by Crippen LogP contribution is -2.12. The largest absolute Gasteiger partial charge is 0.465 e. The molecule has 0 saturated heterocycles. The molecule has 0 atom stereocenters. The number of carbonyl (C=O) groups is 2. The van der Waals surface area contributed by atoms with Crippen LogP contribution >= 0.6 is 0 Å². The Morgan fingerprint density at radius 3 is 2.38 bits per heavy atom. The SMILES string of the molecule is COC(=O)c1cc(-c2cccc(C)c2)ccc1NC(C)=O. The fourth-order valence-corrected chi connectivity index (χ4v) is 2.13. The maximum atomic E-state index is 11.9. The molecule has 0 aliphatic rings. The van der Waals surface area contributed by atoms with Crippen molar-refractivity contribution in [1.82, 2.24) is 0 Å².